The first-order valence-corrected chi connectivity index (χ1v) is 7.13. The van der Waals surface area contributed by atoms with Crippen molar-refractivity contribution in [3.63, 3.8) is 0 Å². The highest BCUT2D eigenvalue weighted by atomic mass is 16.5. The molecule has 0 aliphatic heterocycles. The number of carbonyl (C=O) groups excluding carboxylic acids is 2. The van der Waals surface area contributed by atoms with Gasteiger partial charge in [-0.2, -0.15) is 0 Å². The molecule has 23 heavy (non-hydrogen) atoms. The SMILES string of the molecule is COc1ccccc1NC(=O)NCc1cccc(NC(C)=O)c1. The minimum atomic E-state index is -0.334. The molecule has 0 aromatic heterocycles. The largest absolute Gasteiger partial charge is 0.495 e. The maximum absolute atomic E-state index is 12.0. The number of anilines is 2. The van der Waals surface area contributed by atoms with E-state index >= 15 is 0 Å². The Morgan fingerprint density at radius 3 is 2.57 bits per heavy atom. The molecule has 6 nitrogen and oxygen atoms in total. The summed E-state index contributed by atoms with van der Waals surface area (Å²) in [7, 11) is 1.55. The lowest BCUT2D eigenvalue weighted by atomic mass is 10.2. The highest BCUT2D eigenvalue weighted by Crippen LogP contribution is 2.22. The van der Waals surface area contributed by atoms with Crippen LogP contribution in [0.15, 0.2) is 48.5 Å². The molecule has 0 saturated carbocycles. The highest BCUT2D eigenvalue weighted by Gasteiger charge is 2.06. The van der Waals surface area contributed by atoms with Gasteiger partial charge in [0, 0.05) is 19.2 Å². The predicted octanol–water partition coefficient (Wildman–Crippen LogP) is 2.98. The number of ether oxygens (including phenoxy) is 1. The lowest BCUT2D eigenvalue weighted by molar-refractivity contribution is -0.114. The molecule has 0 aliphatic rings. The molecular weight excluding hydrogens is 294 g/mol. The number of carbonyl (C=O) groups is 2. The molecule has 0 saturated heterocycles. The van der Waals surface area contributed by atoms with Gasteiger partial charge in [-0.1, -0.05) is 24.3 Å². The summed E-state index contributed by atoms with van der Waals surface area (Å²) < 4.78 is 5.18. The van der Waals surface area contributed by atoms with Gasteiger partial charge in [-0.25, -0.2) is 4.79 Å². The minimum absolute atomic E-state index is 0.135. The number of hydrogen-bond donors (Lipinski definition) is 3. The number of benzene rings is 2. The van der Waals surface area contributed by atoms with E-state index in [-0.39, 0.29) is 11.9 Å². The van der Waals surface area contributed by atoms with Gasteiger partial charge < -0.3 is 20.7 Å². The van der Waals surface area contributed by atoms with Gasteiger partial charge in [0.25, 0.3) is 0 Å². The summed E-state index contributed by atoms with van der Waals surface area (Å²) in [6.07, 6.45) is 0. The number of methoxy groups -OCH3 is 1. The molecule has 0 atom stereocenters. The molecule has 6 heteroatoms. The van der Waals surface area contributed by atoms with Crippen LogP contribution in [0, 0.1) is 0 Å². The molecule has 0 fully saturated rings. The Kier molecular flexibility index (Phi) is 5.57. The van der Waals surface area contributed by atoms with Crippen molar-refractivity contribution >= 4 is 23.3 Å². The zero-order valence-electron chi connectivity index (χ0n) is 13.1. The molecule has 0 radical (unpaired) electrons. The molecule has 0 unspecified atom stereocenters. The van der Waals surface area contributed by atoms with Crippen molar-refractivity contribution in [1.29, 1.82) is 0 Å². The van der Waals surface area contributed by atoms with Gasteiger partial charge >= 0.3 is 6.03 Å². The molecular formula is C17H19N3O3. The Balaban J connectivity index is 1.93. The van der Waals surface area contributed by atoms with Gasteiger partial charge in [0.05, 0.1) is 12.8 Å². The summed E-state index contributed by atoms with van der Waals surface area (Å²) in [6.45, 7) is 1.79. The molecule has 3 N–H and O–H groups in total. The van der Waals surface area contributed by atoms with E-state index in [0.29, 0.717) is 23.7 Å². The molecule has 2 aromatic rings. The third-order valence-electron chi connectivity index (χ3n) is 3.06. The van der Waals surface area contributed by atoms with E-state index in [2.05, 4.69) is 16.0 Å². The van der Waals surface area contributed by atoms with Crippen molar-refractivity contribution in [3.05, 3.63) is 54.1 Å². The molecule has 2 aromatic carbocycles. The number of nitrogens with one attached hydrogen (secondary N) is 3. The van der Waals surface area contributed by atoms with Crippen LogP contribution in [0.4, 0.5) is 16.2 Å². The number of para-hydroxylation sites is 2. The summed E-state index contributed by atoms with van der Waals surface area (Å²) >= 11 is 0. The summed E-state index contributed by atoms with van der Waals surface area (Å²) in [5, 5.41) is 8.20. The van der Waals surface area contributed by atoms with Gasteiger partial charge in [-0.05, 0) is 29.8 Å². The molecule has 2 rings (SSSR count). The van der Waals surface area contributed by atoms with Crippen LogP contribution >= 0.6 is 0 Å². The van der Waals surface area contributed by atoms with Crippen LogP contribution in [-0.2, 0) is 11.3 Å². The minimum Gasteiger partial charge on any atom is -0.495 e. The van der Waals surface area contributed by atoms with E-state index in [9.17, 15) is 9.59 Å². The Hall–Kier alpha value is -3.02. The van der Waals surface area contributed by atoms with Crippen molar-refractivity contribution in [2.24, 2.45) is 0 Å². The van der Waals surface area contributed by atoms with E-state index in [4.69, 9.17) is 4.74 Å². The Bertz CT molecular complexity index is 701. The Morgan fingerprint density at radius 1 is 1.04 bits per heavy atom. The van der Waals surface area contributed by atoms with Crippen LogP contribution in [0.5, 0.6) is 5.75 Å². The van der Waals surface area contributed by atoms with Crippen molar-refractivity contribution in [2.75, 3.05) is 17.7 Å². The lowest BCUT2D eigenvalue weighted by Gasteiger charge is -2.11. The highest BCUT2D eigenvalue weighted by molar-refractivity contribution is 5.91. The number of amides is 3. The fourth-order valence-corrected chi connectivity index (χ4v) is 2.06. The van der Waals surface area contributed by atoms with Crippen LogP contribution in [0.25, 0.3) is 0 Å². The van der Waals surface area contributed by atoms with Crippen LogP contribution in [0.3, 0.4) is 0 Å². The molecule has 0 heterocycles. The average molecular weight is 313 g/mol. The predicted molar refractivity (Wildman–Crippen MR) is 89.6 cm³/mol. The van der Waals surface area contributed by atoms with Crippen LogP contribution in [-0.4, -0.2) is 19.0 Å². The standard InChI is InChI=1S/C17H19N3O3/c1-12(21)19-14-7-5-6-13(10-14)11-18-17(22)20-15-8-3-4-9-16(15)23-2/h3-10H,11H2,1-2H3,(H,19,21)(H2,18,20,22). The first-order chi connectivity index (χ1) is 11.1. The van der Waals surface area contributed by atoms with Crippen molar-refractivity contribution in [3.8, 4) is 5.75 Å². The van der Waals surface area contributed by atoms with Crippen molar-refractivity contribution < 1.29 is 14.3 Å². The van der Waals surface area contributed by atoms with Gasteiger partial charge in [-0.15, -0.1) is 0 Å². The van der Waals surface area contributed by atoms with Crippen LogP contribution in [0.1, 0.15) is 12.5 Å². The monoisotopic (exact) mass is 313 g/mol. The second kappa shape index (κ2) is 7.84. The molecule has 0 bridgehead atoms. The third kappa shape index (κ3) is 5.03. The van der Waals surface area contributed by atoms with Gasteiger partial charge in [0.1, 0.15) is 5.75 Å². The van der Waals surface area contributed by atoms with Gasteiger partial charge in [-0.3, -0.25) is 4.79 Å². The fourth-order valence-electron chi connectivity index (χ4n) is 2.06. The van der Waals surface area contributed by atoms with Crippen molar-refractivity contribution in [1.82, 2.24) is 5.32 Å². The summed E-state index contributed by atoms with van der Waals surface area (Å²) in [4.78, 5) is 23.0. The van der Waals surface area contributed by atoms with E-state index in [0.717, 1.165) is 5.56 Å². The number of urea groups is 1. The Labute approximate surface area is 134 Å². The molecule has 0 aliphatic carbocycles. The van der Waals surface area contributed by atoms with E-state index in [1.165, 1.54) is 6.92 Å². The molecule has 0 spiro atoms. The van der Waals surface area contributed by atoms with E-state index < -0.39 is 0 Å². The molecule has 120 valence electrons. The second-order valence-electron chi connectivity index (χ2n) is 4.89. The summed E-state index contributed by atoms with van der Waals surface area (Å²) in [6, 6.07) is 14.1. The third-order valence-corrected chi connectivity index (χ3v) is 3.06. The maximum atomic E-state index is 12.0. The number of rotatable bonds is 5. The van der Waals surface area contributed by atoms with Crippen LogP contribution in [0.2, 0.25) is 0 Å². The number of hydrogen-bond acceptors (Lipinski definition) is 3. The van der Waals surface area contributed by atoms with E-state index in [1.807, 2.05) is 30.3 Å². The van der Waals surface area contributed by atoms with Gasteiger partial charge in [0.15, 0.2) is 0 Å². The van der Waals surface area contributed by atoms with Gasteiger partial charge in [0.2, 0.25) is 5.91 Å². The Morgan fingerprint density at radius 2 is 1.83 bits per heavy atom. The zero-order valence-corrected chi connectivity index (χ0v) is 13.1. The maximum Gasteiger partial charge on any atom is 0.319 e. The fraction of sp³-hybridized carbons (Fsp3) is 0.176. The summed E-state index contributed by atoms with van der Waals surface area (Å²) in [5.41, 5.74) is 2.17. The van der Waals surface area contributed by atoms with Crippen LogP contribution < -0.4 is 20.7 Å². The quantitative estimate of drug-likeness (QED) is 0.794. The first kappa shape index (κ1) is 16.4. The van der Waals surface area contributed by atoms with E-state index in [1.54, 1.807) is 25.3 Å². The normalized spacial score (nSPS) is 9.83. The topological polar surface area (TPSA) is 79.5 Å². The molecule has 3 amide bonds. The zero-order chi connectivity index (χ0) is 16.7. The smallest absolute Gasteiger partial charge is 0.319 e. The first-order valence-electron chi connectivity index (χ1n) is 7.13. The second-order valence-corrected chi connectivity index (χ2v) is 4.89. The lowest BCUT2D eigenvalue weighted by Crippen LogP contribution is -2.28. The summed E-state index contributed by atoms with van der Waals surface area (Å²) in [5.74, 6) is 0.458. The average Bonchev–Trinajstić information content (AvgIpc) is 2.53. The van der Waals surface area contributed by atoms with Crippen molar-refractivity contribution in [2.45, 2.75) is 13.5 Å².